The second-order valence-electron chi connectivity index (χ2n) is 5.23. The van der Waals surface area contributed by atoms with Crippen LogP contribution in [0.15, 0.2) is 24.3 Å². The van der Waals surface area contributed by atoms with Crippen molar-refractivity contribution in [2.45, 2.75) is 26.2 Å². The van der Waals surface area contributed by atoms with E-state index in [4.69, 9.17) is 11.6 Å². The van der Waals surface area contributed by atoms with Gasteiger partial charge in [0, 0.05) is 10.7 Å². The zero-order valence-electron chi connectivity index (χ0n) is 10.8. The van der Waals surface area contributed by atoms with E-state index in [1.807, 2.05) is 24.3 Å². The number of aromatic nitrogens is 3. The molecule has 1 aromatic carbocycles. The fourth-order valence-electron chi connectivity index (χ4n) is 1.73. The van der Waals surface area contributed by atoms with E-state index < -0.39 is 8.07 Å². The standard InChI is InChI=1S/C12H17ClN4Si/c1-18(2,3)12-11(15-17-16-12)8-14-10-6-4-9(13)5-7-10/h4-7,14H,8H2,1-3H3,(H,15,16,17). The quantitative estimate of drug-likeness (QED) is 0.847. The van der Waals surface area contributed by atoms with Crippen molar-refractivity contribution in [2.24, 2.45) is 0 Å². The molecule has 0 aliphatic heterocycles. The Labute approximate surface area is 113 Å². The number of anilines is 1. The fraction of sp³-hybridized carbons (Fsp3) is 0.333. The Balaban J connectivity index is 2.07. The summed E-state index contributed by atoms with van der Waals surface area (Å²) >= 11 is 5.85. The first kappa shape index (κ1) is 13.1. The molecule has 2 rings (SSSR count). The van der Waals surface area contributed by atoms with Crippen LogP contribution in [0.3, 0.4) is 0 Å². The lowest BCUT2D eigenvalue weighted by Crippen LogP contribution is -2.41. The molecule has 0 aliphatic carbocycles. The van der Waals surface area contributed by atoms with E-state index in [0.717, 1.165) is 21.7 Å². The molecule has 0 atom stereocenters. The summed E-state index contributed by atoms with van der Waals surface area (Å²) in [7, 11) is -1.44. The monoisotopic (exact) mass is 280 g/mol. The summed E-state index contributed by atoms with van der Waals surface area (Å²) < 4.78 is 0. The highest BCUT2D eigenvalue weighted by Crippen LogP contribution is 2.14. The third-order valence-electron chi connectivity index (χ3n) is 2.63. The van der Waals surface area contributed by atoms with Crippen LogP contribution in [0.2, 0.25) is 24.7 Å². The average molecular weight is 281 g/mol. The molecule has 6 heteroatoms. The molecule has 0 unspecified atom stereocenters. The minimum absolute atomic E-state index is 0.678. The van der Waals surface area contributed by atoms with Crippen molar-refractivity contribution in [2.75, 3.05) is 5.32 Å². The van der Waals surface area contributed by atoms with Gasteiger partial charge in [0.25, 0.3) is 0 Å². The van der Waals surface area contributed by atoms with Crippen LogP contribution in [-0.2, 0) is 6.54 Å². The van der Waals surface area contributed by atoms with E-state index in [1.54, 1.807) is 0 Å². The van der Waals surface area contributed by atoms with Crippen molar-refractivity contribution in [1.29, 1.82) is 0 Å². The molecule has 2 N–H and O–H groups in total. The Morgan fingerprint density at radius 3 is 2.44 bits per heavy atom. The molecule has 0 bridgehead atoms. The van der Waals surface area contributed by atoms with Gasteiger partial charge < -0.3 is 5.32 Å². The SMILES string of the molecule is C[Si](C)(C)c1n[nH]nc1CNc1ccc(Cl)cc1. The molecule has 0 saturated carbocycles. The molecule has 1 heterocycles. The maximum absolute atomic E-state index is 5.85. The molecule has 0 amide bonds. The van der Waals surface area contributed by atoms with Gasteiger partial charge in [-0.15, -0.1) is 0 Å². The number of hydrogen-bond acceptors (Lipinski definition) is 3. The zero-order chi connectivity index (χ0) is 13.2. The lowest BCUT2D eigenvalue weighted by Gasteiger charge is -2.14. The van der Waals surface area contributed by atoms with Crippen LogP contribution in [0.25, 0.3) is 0 Å². The van der Waals surface area contributed by atoms with Gasteiger partial charge in [0.1, 0.15) is 13.8 Å². The number of benzene rings is 1. The summed E-state index contributed by atoms with van der Waals surface area (Å²) in [5.74, 6) is 0. The maximum Gasteiger partial charge on any atom is 0.106 e. The minimum atomic E-state index is -1.44. The Morgan fingerprint density at radius 1 is 1.17 bits per heavy atom. The van der Waals surface area contributed by atoms with Crippen molar-refractivity contribution in [3.8, 4) is 0 Å². The Morgan fingerprint density at radius 2 is 1.83 bits per heavy atom. The number of nitrogens with one attached hydrogen (secondary N) is 2. The molecule has 0 saturated heterocycles. The van der Waals surface area contributed by atoms with E-state index in [1.165, 1.54) is 0 Å². The lowest BCUT2D eigenvalue weighted by molar-refractivity contribution is 0.912. The van der Waals surface area contributed by atoms with Crippen LogP contribution in [0.5, 0.6) is 0 Å². The molecule has 0 aliphatic rings. The van der Waals surface area contributed by atoms with Gasteiger partial charge in [-0.3, -0.25) is 0 Å². The largest absolute Gasteiger partial charge is 0.379 e. The van der Waals surface area contributed by atoms with Crippen molar-refractivity contribution >= 4 is 30.7 Å². The summed E-state index contributed by atoms with van der Waals surface area (Å²) in [5.41, 5.74) is 2.04. The van der Waals surface area contributed by atoms with Crippen molar-refractivity contribution < 1.29 is 0 Å². The van der Waals surface area contributed by atoms with E-state index in [2.05, 4.69) is 40.4 Å². The Hall–Kier alpha value is -1.33. The zero-order valence-corrected chi connectivity index (χ0v) is 12.5. The first-order valence-electron chi connectivity index (χ1n) is 5.86. The number of aromatic amines is 1. The summed E-state index contributed by atoms with van der Waals surface area (Å²) in [6.45, 7) is 7.46. The average Bonchev–Trinajstić information content (AvgIpc) is 2.76. The fourth-order valence-corrected chi connectivity index (χ4v) is 3.25. The topological polar surface area (TPSA) is 53.6 Å². The Bertz CT molecular complexity index is 516. The highest BCUT2D eigenvalue weighted by molar-refractivity contribution is 6.88. The lowest BCUT2D eigenvalue weighted by atomic mass is 10.3. The van der Waals surface area contributed by atoms with E-state index in [-0.39, 0.29) is 0 Å². The van der Waals surface area contributed by atoms with E-state index >= 15 is 0 Å². The number of nitrogens with zero attached hydrogens (tertiary/aromatic N) is 2. The number of rotatable bonds is 4. The predicted octanol–water partition coefficient (Wildman–Crippen LogP) is 2.62. The second kappa shape index (κ2) is 5.12. The molecule has 4 nitrogen and oxygen atoms in total. The molecule has 2 aromatic rings. The predicted molar refractivity (Wildman–Crippen MR) is 78.1 cm³/mol. The smallest absolute Gasteiger partial charge is 0.106 e. The molecule has 96 valence electrons. The molecule has 0 fully saturated rings. The highest BCUT2D eigenvalue weighted by atomic mass is 35.5. The third-order valence-corrected chi connectivity index (χ3v) is 4.71. The van der Waals surface area contributed by atoms with Gasteiger partial charge in [-0.25, -0.2) is 0 Å². The van der Waals surface area contributed by atoms with Gasteiger partial charge in [0.05, 0.1) is 11.9 Å². The normalized spacial score (nSPS) is 11.6. The molecule has 18 heavy (non-hydrogen) atoms. The maximum atomic E-state index is 5.85. The van der Waals surface area contributed by atoms with Gasteiger partial charge in [-0.05, 0) is 24.3 Å². The van der Waals surface area contributed by atoms with E-state index in [0.29, 0.717) is 6.54 Å². The first-order chi connectivity index (χ1) is 8.47. The van der Waals surface area contributed by atoms with Gasteiger partial charge >= 0.3 is 0 Å². The first-order valence-corrected chi connectivity index (χ1v) is 9.74. The summed E-state index contributed by atoms with van der Waals surface area (Å²) in [5, 5.41) is 16.4. The van der Waals surface area contributed by atoms with Gasteiger partial charge in [-0.1, -0.05) is 31.2 Å². The summed E-state index contributed by atoms with van der Waals surface area (Å²) in [4.78, 5) is 0. The van der Waals surface area contributed by atoms with E-state index in [9.17, 15) is 0 Å². The number of halogens is 1. The minimum Gasteiger partial charge on any atom is -0.379 e. The summed E-state index contributed by atoms with van der Waals surface area (Å²) in [6, 6.07) is 7.64. The third kappa shape index (κ3) is 3.11. The second-order valence-corrected chi connectivity index (χ2v) is 10.6. The van der Waals surface area contributed by atoms with Crippen LogP contribution < -0.4 is 10.6 Å². The number of hydrogen-bond donors (Lipinski definition) is 2. The molecular weight excluding hydrogens is 264 g/mol. The van der Waals surface area contributed by atoms with Crippen LogP contribution in [-0.4, -0.2) is 23.5 Å². The van der Waals surface area contributed by atoms with Crippen LogP contribution in [0.4, 0.5) is 5.69 Å². The number of H-pyrrole nitrogens is 1. The molecule has 0 spiro atoms. The molecular formula is C12H17ClN4Si. The van der Waals surface area contributed by atoms with Gasteiger partial charge in [0.2, 0.25) is 0 Å². The van der Waals surface area contributed by atoms with Crippen LogP contribution >= 0.6 is 11.6 Å². The van der Waals surface area contributed by atoms with Crippen LogP contribution in [0.1, 0.15) is 5.69 Å². The molecule has 1 aromatic heterocycles. The van der Waals surface area contributed by atoms with Gasteiger partial charge in [0.15, 0.2) is 0 Å². The van der Waals surface area contributed by atoms with Crippen LogP contribution in [0, 0.1) is 0 Å². The van der Waals surface area contributed by atoms with Gasteiger partial charge in [-0.2, -0.15) is 15.4 Å². The highest BCUT2D eigenvalue weighted by Gasteiger charge is 2.24. The summed E-state index contributed by atoms with van der Waals surface area (Å²) in [6.07, 6.45) is 0. The van der Waals surface area contributed by atoms with Crippen molar-refractivity contribution in [1.82, 2.24) is 15.4 Å². The van der Waals surface area contributed by atoms with Crippen molar-refractivity contribution in [3.05, 3.63) is 35.0 Å². The van der Waals surface area contributed by atoms with Crippen molar-refractivity contribution in [3.63, 3.8) is 0 Å². The Kier molecular flexibility index (Phi) is 3.73. The molecule has 0 radical (unpaired) electrons.